The number of allylic oxidation sites excluding steroid dienone is 1. The number of nitro groups is 1. The van der Waals surface area contributed by atoms with Crippen molar-refractivity contribution in [2.45, 2.75) is 18.2 Å². The highest BCUT2D eigenvalue weighted by molar-refractivity contribution is 7.99. The van der Waals surface area contributed by atoms with Crippen molar-refractivity contribution in [3.63, 3.8) is 0 Å². The van der Waals surface area contributed by atoms with Crippen LogP contribution in [-0.4, -0.2) is 44.2 Å². The van der Waals surface area contributed by atoms with E-state index >= 15 is 0 Å². The highest BCUT2D eigenvalue weighted by Gasteiger charge is 2.17. The molecular weight excluding hydrogens is 446 g/mol. The SMILES string of the molecule is C=CCn1c(CNC(=O)c2ccc(OC)cc2)nnc1SCC(=O)c1cccc([N+](=O)[O-])c1. The van der Waals surface area contributed by atoms with Crippen molar-refractivity contribution in [1.82, 2.24) is 20.1 Å². The molecule has 0 atom stereocenters. The second-order valence-corrected chi connectivity index (χ2v) is 7.67. The van der Waals surface area contributed by atoms with Gasteiger partial charge in [0.2, 0.25) is 0 Å². The van der Waals surface area contributed by atoms with Gasteiger partial charge in [0, 0.05) is 29.8 Å². The molecule has 33 heavy (non-hydrogen) atoms. The van der Waals surface area contributed by atoms with Crippen LogP contribution in [0.5, 0.6) is 5.75 Å². The summed E-state index contributed by atoms with van der Waals surface area (Å²) in [7, 11) is 1.55. The molecule has 3 rings (SSSR count). The molecule has 0 saturated heterocycles. The first kappa shape index (κ1) is 23.7. The highest BCUT2D eigenvalue weighted by atomic mass is 32.2. The molecule has 0 unspecified atom stereocenters. The Morgan fingerprint density at radius 1 is 1.21 bits per heavy atom. The Kier molecular flexibility index (Phi) is 7.92. The molecule has 1 amide bonds. The van der Waals surface area contributed by atoms with Crippen molar-refractivity contribution in [2.75, 3.05) is 12.9 Å². The van der Waals surface area contributed by atoms with E-state index in [1.54, 1.807) is 42.0 Å². The average Bonchev–Trinajstić information content (AvgIpc) is 3.22. The van der Waals surface area contributed by atoms with Crippen molar-refractivity contribution < 1.29 is 19.2 Å². The molecule has 0 saturated carbocycles. The number of thioether (sulfide) groups is 1. The molecule has 0 fully saturated rings. The second kappa shape index (κ2) is 11.0. The van der Waals surface area contributed by atoms with Crippen LogP contribution in [0.25, 0.3) is 0 Å². The van der Waals surface area contributed by atoms with E-state index in [-0.39, 0.29) is 35.2 Å². The van der Waals surface area contributed by atoms with Crippen LogP contribution in [0.2, 0.25) is 0 Å². The largest absolute Gasteiger partial charge is 0.497 e. The van der Waals surface area contributed by atoms with Gasteiger partial charge in [0.25, 0.3) is 11.6 Å². The quantitative estimate of drug-likeness (QED) is 0.150. The number of carbonyl (C=O) groups is 2. The summed E-state index contributed by atoms with van der Waals surface area (Å²) in [5, 5.41) is 22.4. The summed E-state index contributed by atoms with van der Waals surface area (Å²) in [6, 6.07) is 12.3. The maximum atomic E-state index is 12.5. The number of nitro benzene ring substituents is 1. The third kappa shape index (κ3) is 6.04. The lowest BCUT2D eigenvalue weighted by Gasteiger charge is -2.09. The van der Waals surface area contributed by atoms with Gasteiger partial charge in [0.05, 0.1) is 24.3 Å². The zero-order valence-corrected chi connectivity index (χ0v) is 18.6. The summed E-state index contributed by atoms with van der Waals surface area (Å²) in [4.78, 5) is 35.3. The number of hydrogen-bond donors (Lipinski definition) is 1. The third-order valence-electron chi connectivity index (χ3n) is 4.58. The summed E-state index contributed by atoms with van der Waals surface area (Å²) in [5.41, 5.74) is 0.580. The van der Waals surface area contributed by atoms with Gasteiger partial charge in [-0.1, -0.05) is 30.0 Å². The van der Waals surface area contributed by atoms with Crippen molar-refractivity contribution in [3.05, 3.63) is 88.3 Å². The number of aromatic nitrogens is 3. The molecule has 0 radical (unpaired) electrons. The Balaban J connectivity index is 1.65. The predicted octanol–water partition coefficient (Wildman–Crippen LogP) is 3.29. The van der Waals surface area contributed by atoms with E-state index in [0.717, 1.165) is 11.8 Å². The van der Waals surface area contributed by atoms with Crippen molar-refractivity contribution in [3.8, 4) is 5.75 Å². The van der Waals surface area contributed by atoms with Crippen LogP contribution in [0.3, 0.4) is 0 Å². The Labute approximate surface area is 193 Å². The van der Waals surface area contributed by atoms with Crippen LogP contribution in [0.4, 0.5) is 5.69 Å². The number of rotatable bonds is 11. The Hall–Kier alpha value is -3.99. The van der Waals surface area contributed by atoms with E-state index in [4.69, 9.17) is 4.74 Å². The van der Waals surface area contributed by atoms with Crippen molar-refractivity contribution in [2.24, 2.45) is 0 Å². The van der Waals surface area contributed by atoms with E-state index in [9.17, 15) is 19.7 Å². The van der Waals surface area contributed by atoms with E-state index in [1.165, 1.54) is 24.3 Å². The van der Waals surface area contributed by atoms with E-state index in [1.807, 2.05) is 0 Å². The van der Waals surface area contributed by atoms with Crippen molar-refractivity contribution >= 4 is 29.1 Å². The number of nitrogens with zero attached hydrogens (tertiary/aromatic N) is 4. The normalized spacial score (nSPS) is 10.5. The van der Waals surface area contributed by atoms with Gasteiger partial charge in [-0.3, -0.25) is 19.7 Å². The Bertz CT molecular complexity index is 1180. The number of benzene rings is 2. The van der Waals surface area contributed by atoms with Crippen LogP contribution in [-0.2, 0) is 13.1 Å². The van der Waals surface area contributed by atoms with E-state index in [0.29, 0.717) is 28.8 Å². The standard InChI is InChI=1S/C22H21N5O5S/c1-3-11-26-20(13-23-21(29)15-7-9-18(32-2)10-8-15)24-25-22(26)33-14-19(28)16-5-4-6-17(12-16)27(30)31/h3-10,12H,1,11,13-14H2,2H3,(H,23,29). The first-order valence-electron chi connectivity index (χ1n) is 9.78. The number of amides is 1. The Morgan fingerprint density at radius 2 is 1.97 bits per heavy atom. The van der Waals surface area contributed by atoms with Crippen LogP contribution in [0.1, 0.15) is 26.5 Å². The average molecular weight is 468 g/mol. The van der Waals surface area contributed by atoms with Crippen LogP contribution < -0.4 is 10.1 Å². The van der Waals surface area contributed by atoms with Gasteiger partial charge in [-0.15, -0.1) is 16.8 Å². The zero-order chi connectivity index (χ0) is 23.8. The summed E-state index contributed by atoms with van der Waals surface area (Å²) in [6.07, 6.45) is 1.66. The molecule has 0 bridgehead atoms. The molecule has 1 heterocycles. The molecule has 0 aliphatic heterocycles. The monoisotopic (exact) mass is 467 g/mol. The minimum Gasteiger partial charge on any atom is -0.497 e. The molecular formula is C22H21N5O5S. The predicted molar refractivity (Wildman–Crippen MR) is 123 cm³/mol. The number of ether oxygens (including phenoxy) is 1. The highest BCUT2D eigenvalue weighted by Crippen LogP contribution is 2.21. The summed E-state index contributed by atoms with van der Waals surface area (Å²) >= 11 is 1.16. The number of ketones is 1. The van der Waals surface area contributed by atoms with Crippen LogP contribution in [0.15, 0.2) is 66.3 Å². The lowest BCUT2D eigenvalue weighted by molar-refractivity contribution is -0.384. The van der Waals surface area contributed by atoms with Gasteiger partial charge in [-0.25, -0.2) is 0 Å². The number of carbonyl (C=O) groups excluding carboxylic acids is 2. The van der Waals surface area contributed by atoms with Crippen LogP contribution in [0, 0.1) is 10.1 Å². The molecule has 0 aliphatic carbocycles. The molecule has 3 aromatic rings. The first-order chi connectivity index (χ1) is 15.9. The number of Topliss-reactive ketones (excluding diaryl/α,β-unsaturated/α-hetero) is 1. The van der Waals surface area contributed by atoms with Crippen molar-refractivity contribution in [1.29, 1.82) is 0 Å². The van der Waals surface area contributed by atoms with E-state index in [2.05, 4.69) is 22.1 Å². The zero-order valence-electron chi connectivity index (χ0n) is 17.8. The molecule has 2 aromatic carbocycles. The summed E-state index contributed by atoms with van der Waals surface area (Å²) < 4.78 is 6.83. The fourth-order valence-corrected chi connectivity index (χ4v) is 3.74. The fourth-order valence-electron chi connectivity index (χ4n) is 2.88. The minimum absolute atomic E-state index is 0.0225. The van der Waals surface area contributed by atoms with Gasteiger partial charge in [0.15, 0.2) is 16.8 Å². The minimum atomic E-state index is -0.545. The first-order valence-corrected chi connectivity index (χ1v) is 10.8. The molecule has 10 nitrogen and oxygen atoms in total. The lowest BCUT2D eigenvalue weighted by atomic mass is 10.1. The van der Waals surface area contributed by atoms with E-state index < -0.39 is 4.92 Å². The number of non-ortho nitro benzene ring substituents is 1. The van der Waals surface area contributed by atoms with Gasteiger partial charge in [-0.05, 0) is 24.3 Å². The number of hydrogen-bond acceptors (Lipinski definition) is 8. The maximum Gasteiger partial charge on any atom is 0.270 e. The van der Waals surface area contributed by atoms with Gasteiger partial charge >= 0.3 is 0 Å². The summed E-state index contributed by atoms with van der Waals surface area (Å²) in [5.74, 6) is 0.627. The molecule has 0 spiro atoms. The topological polar surface area (TPSA) is 129 Å². The lowest BCUT2D eigenvalue weighted by Crippen LogP contribution is -2.24. The fraction of sp³-hybridized carbons (Fsp3) is 0.182. The Morgan fingerprint density at radius 3 is 2.64 bits per heavy atom. The maximum absolute atomic E-state index is 12.5. The molecule has 170 valence electrons. The number of methoxy groups -OCH3 is 1. The van der Waals surface area contributed by atoms with Gasteiger partial charge in [0.1, 0.15) is 5.75 Å². The van der Waals surface area contributed by atoms with Crippen LogP contribution >= 0.6 is 11.8 Å². The smallest absolute Gasteiger partial charge is 0.270 e. The van der Waals surface area contributed by atoms with Gasteiger partial charge < -0.3 is 14.6 Å². The third-order valence-corrected chi connectivity index (χ3v) is 5.54. The van der Waals surface area contributed by atoms with Gasteiger partial charge in [-0.2, -0.15) is 0 Å². The molecule has 0 aliphatic rings. The molecule has 1 N–H and O–H groups in total. The molecule has 1 aromatic heterocycles. The summed E-state index contributed by atoms with van der Waals surface area (Å²) in [6.45, 7) is 4.24. The number of nitrogens with one attached hydrogen (secondary N) is 1. The second-order valence-electron chi connectivity index (χ2n) is 6.73. The molecule has 11 heteroatoms.